The van der Waals surface area contributed by atoms with Gasteiger partial charge in [-0.05, 0) is 38.6 Å². The average molecular weight is 294 g/mol. The van der Waals surface area contributed by atoms with E-state index >= 15 is 0 Å². The van der Waals surface area contributed by atoms with E-state index < -0.39 is 0 Å². The first-order valence-corrected chi connectivity index (χ1v) is 9.20. The number of hydrogen-bond donors (Lipinski definition) is 1. The Kier molecular flexibility index (Phi) is 7.01. The normalized spacial score (nSPS) is 23.2. The van der Waals surface area contributed by atoms with Gasteiger partial charge in [0.05, 0.1) is 0 Å². The molecule has 1 saturated heterocycles. The van der Waals surface area contributed by atoms with Crippen LogP contribution in [0.2, 0.25) is 0 Å². The number of piperidine rings is 1. The van der Waals surface area contributed by atoms with Gasteiger partial charge in [0.25, 0.3) is 0 Å². The fourth-order valence-corrected chi connectivity index (χ4v) is 4.16. The minimum Gasteiger partial charge on any atom is -0.342 e. The molecule has 0 bridgehead atoms. The van der Waals surface area contributed by atoms with Crippen LogP contribution in [0.3, 0.4) is 0 Å². The topological polar surface area (TPSA) is 32.3 Å². The van der Waals surface area contributed by atoms with Crippen molar-refractivity contribution < 1.29 is 4.79 Å². The largest absolute Gasteiger partial charge is 0.342 e. The van der Waals surface area contributed by atoms with Gasteiger partial charge in [-0.3, -0.25) is 4.79 Å². The lowest BCUT2D eigenvalue weighted by Crippen LogP contribution is -2.46. The van der Waals surface area contributed by atoms with Gasteiger partial charge in [0.2, 0.25) is 5.91 Å². The molecule has 0 aromatic rings. The fraction of sp³-hybridized carbons (Fsp3) is 0.944. The molecular weight excluding hydrogens is 260 g/mol. The Morgan fingerprint density at radius 3 is 2.38 bits per heavy atom. The van der Waals surface area contributed by atoms with Crippen molar-refractivity contribution in [3.8, 4) is 0 Å². The minimum absolute atomic E-state index is 0.296. The van der Waals surface area contributed by atoms with Crippen molar-refractivity contribution >= 4 is 5.91 Å². The third-order valence-corrected chi connectivity index (χ3v) is 5.54. The number of likely N-dealkylation sites (tertiary alicyclic amines) is 1. The number of amides is 1. The fourth-order valence-electron chi connectivity index (χ4n) is 4.16. The zero-order valence-electron chi connectivity index (χ0n) is 14.1. The van der Waals surface area contributed by atoms with Crippen LogP contribution in [0.25, 0.3) is 0 Å². The van der Waals surface area contributed by atoms with Crippen molar-refractivity contribution in [2.75, 3.05) is 20.1 Å². The molecule has 1 amide bonds. The first kappa shape index (κ1) is 16.8. The Morgan fingerprint density at radius 1 is 1.14 bits per heavy atom. The van der Waals surface area contributed by atoms with Crippen LogP contribution in [0.4, 0.5) is 0 Å². The highest BCUT2D eigenvalue weighted by atomic mass is 16.2. The highest BCUT2D eigenvalue weighted by Gasteiger charge is 2.29. The average Bonchev–Trinajstić information content (AvgIpc) is 2.55. The van der Waals surface area contributed by atoms with Crippen LogP contribution in [0.1, 0.15) is 71.1 Å². The molecule has 1 atom stereocenters. The Labute approximate surface area is 130 Å². The monoisotopic (exact) mass is 294 g/mol. The molecule has 1 aliphatic carbocycles. The molecule has 2 aliphatic rings. The second kappa shape index (κ2) is 8.77. The number of nitrogens with zero attached hydrogens (tertiary/aromatic N) is 1. The Hall–Kier alpha value is -0.570. The van der Waals surface area contributed by atoms with Crippen LogP contribution >= 0.6 is 0 Å². The van der Waals surface area contributed by atoms with E-state index in [9.17, 15) is 4.79 Å². The van der Waals surface area contributed by atoms with Crippen LogP contribution < -0.4 is 5.32 Å². The number of carbonyl (C=O) groups is 1. The number of carbonyl (C=O) groups excluding carboxylic acids is 1. The summed E-state index contributed by atoms with van der Waals surface area (Å²) in [5, 5.41) is 3.35. The van der Waals surface area contributed by atoms with Crippen LogP contribution in [-0.4, -0.2) is 37.0 Å². The first-order chi connectivity index (χ1) is 10.2. The lowest BCUT2D eigenvalue weighted by molar-refractivity contribution is -0.137. The summed E-state index contributed by atoms with van der Waals surface area (Å²) in [5.74, 6) is 1.57. The van der Waals surface area contributed by atoms with Crippen molar-refractivity contribution in [2.45, 2.75) is 77.2 Å². The summed E-state index contributed by atoms with van der Waals surface area (Å²) in [5.41, 5.74) is 0. The van der Waals surface area contributed by atoms with Gasteiger partial charge < -0.3 is 10.2 Å². The Bertz CT molecular complexity index is 304. The van der Waals surface area contributed by atoms with Gasteiger partial charge >= 0.3 is 0 Å². The van der Waals surface area contributed by atoms with Crippen LogP contribution in [-0.2, 0) is 4.79 Å². The minimum atomic E-state index is 0.296. The van der Waals surface area contributed by atoms with Crippen LogP contribution in [0.15, 0.2) is 0 Å². The van der Waals surface area contributed by atoms with Crippen molar-refractivity contribution in [1.29, 1.82) is 0 Å². The predicted molar refractivity (Wildman–Crippen MR) is 88.3 cm³/mol. The van der Waals surface area contributed by atoms with Gasteiger partial charge in [0, 0.05) is 25.0 Å². The molecule has 2 rings (SSSR count). The van der Waals surface area contributed by atoms with Gasteiger partial charge in [-0.1, -0.05) is 45.4 Å². The molecule has 122 valence electrons. The smallest absolute Gasteiger partial charge is 0.225 e. The maximum atomic E-state index is 12.9. The molecule has 0 aromatic heterocycles. The molecule has 3 heteroatoms. The lowest BCUT2D eigenvalue weighted by atomic mass is 9.81. The van der Waals surface area contributed by atoms with E-state index in [1.54, 1.807) is 0 Å². The van der Waals surface area contributed by atoms with E-state index in [1.807, 2.05) is 7.05 Å². The molecule has 1 N–H and O–H groups in total. The maximum Gasteiger partial charge on any atom is 0.225 e. The summed E-state index contributed by atoms with van der Waals surface area (Å²) in [7, 11) is 2.03. The van der Waals surface area contributed by atoms with Crippen molar-refractivity contribution in [3.05, 3.63) is 0 Å². The van der Waals surface area contributed by atoms with E-state index in [2.05, 4.69) is 17.1 Å². The molecule has 2 fully saturated rings. The standard InChI is InChI=1S/C18H34N2O/c1-3-7-16(14-15-8-5-4-6-9-15)18(21)20-12-10-17(19-2)11-13-20/h15-17,19H,3-14H2,1-2H3. The zero-order chi connectivity index (χ0) is 15.1. The molecule has 1 unspecified atom stereocenters. The van der Waals surface area contributed by atoms with E-state index in [0.29, 0.717) is 17.9 Å². The third kappa shape index (κ3) is 4.98. The van der Waals surface area contributed by atoms with Gasteiger partial charge in [-0.15, -0.1) is 0 Å². The summed E-state index contributed by atoms with van der Waals surface area (Å²) >= 11 is 0. The summed E-state index contributed by atoms with van der Waals surface area (Å²) in [4.78, 5) is 15.0. The van der Waals surface area contributed by atoms with Crippen molar-refractivity contribution in [1.82, 2.24) is 10.2 Å². The number of hydrogen-bond acceptors (Lipinski definition) is 2. The number of nitrogens with one attached hydrogen (secondary N) is 1. The SMILES string of the molecule is CCCC(CC1CCCCC1)C(=O)N1CCC(NC)CC1. The zero-order valence-corrected chi connectivity index (χ0v) is 14.1. The third-order valence-electron chi connectivity index (χ3n) is 5.54. The summed E-state index contributed by atoms with van der Waals surface area (Å²) in [6, 6.07) is 0.608. The van der Waals surface area contributed by atoms with Gasteiger partial charge in [-0.25, -0.2) is 0 Å². The quantitative estimate of drug-likeness (QED) is 0.812. The molecule has 0 spiro atoms. The summed E-state index contributed by atoms with van der Waals surface area (Å²) in [6.07, 6.45) is 12.5. The van der Waals surface area contributed by atoms with E-state index in [-0.39, 0.29) is 0 Å². The summed E-state index contributed by atoms with van der Waals surface area (Å²) < 4.78 is 0. The molecule has 1 saturated carbocycles. The molecular formula is C18H34N2O. The van der Waals surface area contributed by atoms with E-state index in [4.69, 9.17) is 0 Å². The van der Waals surface area contributed by atoms with E-state index in [1.165, 1.54) is 32.1 Å². The highest BCUT2D eigenvalue weighted by Crippen LogP contribution is 2.31. The Balaban J connectivity index is 1.85. The molecule has 0 radical (unpaired) electrons. The summed E-state index contributed by atoms with van der Waals surface area (Å²) in [6.45, 7) is 4.12. The predicted octanol–water partition coefficient (Wildman–Crippen LogP) is 3.58. The second-order valence-electron chi connectivity index (χ2n) is 7.11. The molecule has 0 aromatic carbocycles. The lowest BCUT2D eigenvalue weighted by Gasteiger charge is -2.35. The molecule has 1 aliphatic heterocycles. The van der Waals surface area contributed by atoms with Crippen LogP contribution in [0, 0.1) is 11.8 Å². The molecule has 1 heterocycles. The number of rotatable bonds is 6. The van der Waals surface area contributed by atoms with Crippen molar-refractivity contribution in [3.63, 3.8) is 0 Å². The second-order valence-corrected chi connectivity index (χ2v) is 7.11. The molecule has 3 nitrogen and oxygen atoms in total. The first-order valence-electron chi connectivity index (χ1n) is 9.20. The maximum absolute atomic E-state index is 12.9. The van der Waals surface area contributed by atoms with Crippen LogP contribution in [0.5, 0.6) is 0 Å². The van der Waals surface area contributed by atoms with E-state index in [0.717, 1.165) is 51.1 Å². The Morgan fingerprint density at radius 2 is 1.81 bits per heavy atom. The van der Waals surface area contributed by atoms with Gasteiger partial charge in [0.15, 0.2) is 0 Å². The van der Waals surface area contributed by atoms with Gasteiger partial charge in [-0.2, -0.15) is 0 Å². The molecule has 21 heavy (non-hydrogen) atoms. The highest BCUT2D eigenvalue weighted by molar-refractivity contribution is 5.79. The van der Waals surface area contributed by atoms with Crippen molar-refractivity contribution in [2.24, 2.45) is 11.8 Å². The van der Waals surface area contributed by atoms with Gasteiger partial charge in [0.1, 0.15) is 0 Å².